The summed E-state index contributed by atoms with van der Waals surface area (Å²) in [5.41, 5.74) is 2.16. The zero-order valence-corrected chi connectivity index (χ0v) is 9.49. The smallest absolute Gasteiger partial charge is 0.124 e. The fraction of sp³-hybridized carbons (Fsp3) is 0.417. The van der Waals surface area contributed by atoms with E-state index in [9.17, 15) is 0 Å². The molecule has 3 heteroatoms. The van der Waals surface area contributed by atoms with Crippen molar-refractivity contribution in [2.75, 3.05) is 13.6 Å². The largest absolute Gasteiger partial charge is 0.341 e. The van der Waals surface area contributed by atoms with Crippen LogP contribution < -0.4 is 0 Å². The summed E-state index contributed by atoms with van der Waals surface area (Å²) in [6, 6.07) is 8.47. The van der Waals surface area contributed by atoms with E-state index in [1.165, 1.54) is 0 Å². The summed E-state index contributed by atoms with van der Waals surface area (Å²) in [6.07, 6.45) is 0. The van der Waals surface area contributed by atoms with E-state index < -0.39 is 0 Å². The number of nitrogens with one attached hydrogen (secondary N) is 1. The molecule has 15 heavy (non-hydrogen) atoms. The lowest BCUT2D eigenvalue weighted by molar-refractivity contribution is 0.267. The van der Waals surface area contributed by atoms with Gasteiger partial charge in [0.15, 0.2) is 0 Å². The maximum Gasteiger partial charge on any atom is 0.124 e. The minimum absolute atomic E-state index is 0.336. The second-order valence-corrected chi connectivity index (χ2v) is 3.89. The summed E-state index contributed by atoms with van der Waals surface area (Å²) in [7, 11) is 2.11. The fourth-order valence-corrected chi connectivity index (χ4v) is 1.65. The Morgan fingerprint density at radius 2 is 2.13 bits per heavy atom. The van der Waals surface area contributed by atoms with Crippen LogP contribution in [0.15, 0.2) is 24.3 Å². The molecule has 1 unspecified atom stereocenters. The van der Waals surface area contributed by atoms with Crippen molar-refractivity contribution in [1.82, 2.24) is 14.9 Å². The molecule has 0 saturated heterocycles. The van der Waals surface area contributed by atoms with E-state index in [2.05, 4.69) is 41.8 Å². The van der Waals surface area contributed by atoms with Crippen LogP contribution in [0.25, 0.3) is 11.0 Å². The van der Waals surface area contributed by atoms with E-state index in [4.69, 9.17) is 0 Å². The third-order valence-corrected chi connectivity index (χ3v) is 2.96. The molecule has 1 heterocycles. The lowest BCUT2D eigenvalue weighted by Crippen LogP contribution is -2.22. The standard InChI is InChI=1S/C12H17N3/c1-4-15(3)9(2)12-13-10-7-5-6-8-11(10)14-12/h5-9H,4H2,1-3H3,(H,13,14). The molecule has 0 aliphatic rings. The summed E-state index contributed by atoms with van der Waals surface area (Å²) in [4.78, 5) is 10.2. The predicted molar refractivity (Wildman–Crippen MR) is 62.8 cm³/mol. The molecule has 0 bridgehead atoms. The molecule has 1 aromatic heterocycles. The molecular formula is C12H17N3. The summed E-state index contributed by atoms with van der Waals surface area (Å²) in [5, 5.41) is 0. The van der Waals surface area contributed by atoms with Gasteiger partial charge in [0.1, 0.15) is 5.82 Å². The second kappa shape index (κ2) is 4.03. The number of benzene rings is 1. The Balaban J connectivity index is 2.36. The molecule has 80 valence electrons. The number of aromatic nitrogens is 2. The Kier molecular flexibility index (Phi) is 2.73. The Morgan fingerprint density at radius 1 is 1.40 bits per heavy atom. The number of para-hydroxylation sites is 2. The van der Waals surface area contributed by atoms with Crippen LogP contribution >= 0.6 is 0 Å². The minimum Gasteiger partial charge on any atom is -0.341 e. The highest BCUT2D eigenvalue weighted by atomic mass is 15.2. The van der Waals surface area contributed by atoms with Crippen molar-refractivity contribution in [2.24, 2.45) is 0 Å². The third kappa shape index (κ3) is 1.88. The topological polar surface area (TPSA) is 31.9 Å². The molecule has 0 radical (unpaired) electrons. The van der Waals surface area contributed by atoms with Gasteiger partial charge in [-0.15, -0.1) is 0 Å². The van der Waals surface area contributed by atoms with Crippen LogP contribution in [0.2, 0.25) is 0 Å². The molecule has 1 N–H and O–H groups in total. The van der Waals surface area contributed by atoms with Crippen molar-refractivity contribution < 1.29 is 0 Å². The number of rotatable bonds is 3. The molecule has 1 aromatic carbocycles. The maximum atomic E-state index is 4.58. The summed E-state index contributed by atoms with van der Waals surface area (Å²) in [6.45, 7) is 5.35. The quantitative estimate of drug-likeness (QED) is 0.831. The van der Waals surface area contributed by atoms with Crippen molar-refractivity contribution in [3.8, 4) is 0 Å². The summed E-state index contributed by atoms with van der Waals surface area (Å²) < 4.78 is 0. The molecule has 0 fully saturated rings. The van der Waals surface area contributed by atoms with Crippen molar-refractivity contribution in [3.05, 3.63) is 30.1 Å². The molecule has 0 spiro atoms. The molecular weight excluding hydrogens is 186 g/mol. The molecule has 2 aromatic rings. The normalized spacial score (nSPS) is 13.6. The van der Waals surface area contributed by atoms with Crippen LogP contribution in [0.3, 0.4) is 0 Å². The minimum atomic E-state index is 0.336. The van der Waals surface area contributed by atoms with E-state index >= 15 is 0 Å². The molecule has 1 atom stereocenters. The van der Waals surface area contributed by atoms with E-state index in [0.717, 1.165) is 23.4 Å². The number of aromatic amines is 1. The Labute approximate surface area is 90.1 Å². The van der Waals surface area contributed by atoms with Crippen LogP contribution in [0, 0.1) is 0 Å². The zero-order chi connectivity index (χ0) is 10.8. The number of fused-ring (bicyclic) bond motifs is 1. The van der Waals surface area contributed by atoms with Gasteiger partial charge >= 0.3 is 0 Å². The van der Waals surface area contributed by atoms with E-state index in [1.54, 1.807) is 0 Å². The van der Waals surface area contributed by atoms with Gasteiger partial charge in [-0.2, -0.15) is 0 Å². The lowest BCUT2D eigenvalue weighted by Gasteiger charge is -2.20. The highest BCUT2D eigenvalue weighted by Gasteiger charge is 2.13. The van der Waals surface area contributed by atoms with Crippen LogP contribution in [-0.2, 0) is 0 Å². The second-order valence-electron chi connectivity index (χ2n) is 3.89. The van der Waals surface area contributed by atoms with Gasteiger partial charge in [-0.05, 0) is 32.6 Å². The zero-order valence-electron chi connectivity index (χ0n) is 9.49. The maximum absolute atomic E-state index is 4.58. The molecule has 0 amide bonds. The highest BCUT2D eigenvalue weighted by molar-refractivity contribution is 5.74. The first-order valence-electron chi connectivity index (χ1n) is 5.37. The summed E-state index contributed by atoms with van der Waals surface area (Å²) >= 11 is 0. The molecule has 0 saturated carbocycles. The Morgan fingerprint density at radius 3 is 2.80 bits per heavy atom. The van der Waals surface area contributed by atoms with Crippen LogP contribution in [0.4, 0.5) is 0 Å². The number of H-pyrrole nitrogens is 1. The van der Waals surface area contributed by atoms with Gasteiger partial charge in [-0.1, -0.05) is 19.1 Å². The Hall–Kier alpha value is -1.35. The molecule has 0 aliphatic heterocycles. The number of hydrogen-bond donors (Lipinski definition) is 1. The van der Waals surface area contributed by atoms with Crippen molar-refractivity contribution in [3.63, 3.8) is 0 Å². The molecule has 3 nitrogen and oxygen atoms in total. The number of hydrogen-bond acceptors (Lipinski definition) is 2. The average molecular weight is 203 g/mol. The first kappa shape index (κ1) is 10.2. The van der Waals surface area contributed by atoms with Crippen molar-refractivity contribution in [2.45, 2.75) is 19.9 Å². The lowest BCUT2D eigenvalue weighted by atomic mass is 10.3. The van der Waals surface area contributed by atoms with Crippen LogP contribution in [0.1, 0.15) is 25.7 Å². The average Bonchev–Trinajstić information content (AvgIpc) is 2.70. The van der Waals surface area contributed by atoms with Gasteiger partial charge in [0, 0.05) is 0 Å². The fourth-order valence-electron chi connectivity index (χ4n) is 1.65. The molecule has 2 rings (SSSR count). The Bertz CT molecular complexity index is 414. The van der Waals surface area contributed by atoms with Crippen molar-refractivity contribution in [1.29, 1.82) is 0 Å². The van der Waals surface area contributed by atoms with Crippen LogP contribution in [-0.4, -0.2) is 28.5 Å². The van der Waals surface area contributed by atoms with Crippen molar-refractivity contribution >= 4 is 11.0 Å². The number of imidazole rings is 1. The predicted octanol–water partition coefficient (Wildman–Crippen LogP) is 2.58. The van der Waals surface area contributed by atoms with Gasteiger partial charge in [0.05, 0.1) is 17.1 Å². The van der Waals surface area contributed by atoms with Gasteiger partial charge < -0.3 is 4.98 Å². The number of nitrogens with zero attached hydrogens (tertiary/aromatic N) is 2. The van der Waals surface area contributed by atoms with E-state index in [-0.39, 0.29) is 0 Å². The molecule has 0 aliphatic carbocycles. The van der Waals surface area contributed by atoms with Gasteiger partial charge in [0.25, 0.3) is 0 Å². The van der Waals surface area contributed by atoms with E-state index in [1.807, 2.05) is 18.2 Å². The van der Waals surface area contributed by atoms with Gasteiger partial charge in [0.2, 0.25) is 0 Å². The van der Waals surface area contributed by atoms with Gasteiger partial charge in [-0.25, -0.2) is 4.98 Å². The summed E-state index contributed by atoms with van der Waals surface area (Å²) in [5.74, 6) is 1.04. The first-order chi connectivity index (χ1) is 7.22. The third-order valence-electron chi connectivity index (χ3n) is 2.96. The first-order valence-corrected chi connectivity index (χ1v) is 5.37. The van der Waals surface area contributed by atoms with Crippen LogP contribution in [0.5, 0.6) is 0 Å². The van der Waals surface area contributed by atoms with E-state index in [0.29, 0.717) is 6.04 Å². The highest BCUT2D eigenvalue weighted by Crippen LogP contribution is 2.19. The monoisotopic (exact) mass is 203 g/mol. The SMILES string of the molecule is CCN(C)C(C)c1nc2ccccc2[nH]1. The van der Waals surface area contributed by atoms with Gasteiger partial charge in [-0.3, -0.25) is 4.90 Å².